The van der Waals surface area contributed by atoms with Gasteiger partial charge in [0.15, 0.2) is 0 Å². The van der Waals surface area contributed by atoms with Crippen LogP contribution in [0, 0.1) is 6.92 Å². The number of aromatic nitrogens is 1. The smallest absolute Gasteiger partial charge is 0.0996 e. The maximum Gasteiger partial charge on any atom is 0.0996 e. The predicted molar refractivity (Wildman–Crippen MR) is 82.1 cm³/mol. The molecule has 0 N–H and O–H groups in total. The normalized spacial score (nSPS) is 14.3. The summed E-state index contributed by atoms with van der Waals surface area (Å²) in [4.78, 5) is 0. The number of hydrogen-bond donors (Lipinski definition) is 0. The molecule has 0 atom stereocenters. The fourth-order valence-corrected chi connectivity index (χ4v) is 2.77. The van der Waals surface area contributed by atoms with Gasteiger partial charge < -0.3 is 0 Å². The van der Waals surface area contributed by atoms with Crippen LogP contribution in [0.3, 0.4) is 0 Å². The summed E-state index contributed by atoms with van der Waals surface area (Å²) in [6.45, 7) is 2.13. The molecule has 4 rings (SSSR count). The van der Waals surface area contributed by atoms with Crippen LogP contribution in [0.4, 0.5) is 0 Å². The fourth-order valence-electron chi connectivity index (χ4n) is 2.77. The van der Waals surface area contributed by atoms with Crippen molar-refractivity contribution < 1.29 is 0 Å². The lowest BCUT2D eigenvalue weighted by Crippen LogP contribution is -2.01. The zero-order valence-corrected chi connectivity index (χ0v) is 11.2. The van der Waals surface area contributed by atoms with E-state index in [9.17, 15) is 0 Å². The molecule has 0 radical (unpaired) electrons. The molecule has 0 fully saturated rings. The highest BCUT2D eigenvalue weighted by Crippen LogP contribution is 2.37. The molecule has 2 nitrogen and oxygen atoms in total. The van der Waals surface area contributed by atoms with Crippen LogP contribution in [-0.2, 0) is 0 Å². The summed E-state index contributed by atoms with van der Waals surface area (Å²) in [6.07, 6.45) is 3.92. The third-order valence-electron chi connectivity index (χ3n) is 3.71. The third-order valence-corrected chi connectivity index (χ3v) is 3.71. The van der Waals surface area contributed by atoms with E-state index in [-0.39, 0.29) is 0 Å². The van der Waals surface area contributed by atoms with E-state index in [2.05, 4.69) is 49.4 Å². The van der Waals surface area contributed by atoms with E-state index < -0.39 is 0 Å². The fraction of sp³-hybridized carbons (Fsp3) is 0.0556. The molecule has 1 aliphatic rings. The summed E-state index contributed by atoms with van der Waals surface area (Å²) < 4.78 is 1.86. The van der Waals surface area contributed by atoms with Gasteiger partial charge in [-0.25, -0.2) is 4.68 Å². The molecule has 96 valence electrons. The summed E-state index contributed by atoms with van der Waals surface area (Å²) in [5.74, 6) is 0. The zero-order valence-electron chi connectivity index (χ0n) is 11.2. The van der Waals surface area contributed by atoms with Gasteiger partial charge in [-0.1, -0.05) is 48.0 Å². The van der Waals surface area contributed by atoms with Gasteiger partial charge in [-0.15, -0.1) is 0 Å². The maximum absolute atomic E-state index is 4.76. The Morgan fingerprint density at radius 3 is 2.25 bits per heavy atom. The largest absolute Gasteiger partial charge is 0.248 e. The molecule has 0 bridgehead atoms. The van der Waals surface area contributed by atoms with Crippen molar-refractivity contribution in [3.63, 3.8) is 0 Å². The minimum atomic E-state index is 1.05. The number of benzene rings is 2. The second kappa shape index (κ2) is 4.20. The van der Waals surface area contributed by atoms with Crippen LogP contribution >= 0.6 is 0 Å². The first kappa shape index (κ1) is 11.2. The van der Waals surface area contributed by atoms with Gasteiger partial charge in [-0.05, 0) is 30.2 Å². The first-order valence-corrected chi connectivity index (χ1v) is 6.76. The van der Waals surface area contributed by atoms with Crippen LogP contribution in [0.15, 0.2) is 72.1 Å². The van der Waals surface area contributed by atoms with E-state index in [1.165, 1.54) is 27.8 Å². The minimum absolute atomic E-state index is 1.05. The Hall–Kier alpha value is -2.61. The van der Waals surface area contributed by atoms with E-state index >= 15 is 0 Å². The SMILES string of the molecule is Cc1ccc2c(c1)-c1ccccc1/C2=N/n1cccc1. The summed E-state index contributed by atoms with van der Waals surface area (Å²) >= 11 is 0. The Balaban J connectivity index is 2.01. The monoisotopic (exact) mass is 258 g/mol. The minimum Gasteiger partial charge on any atom is -0.248 e. The number of rotatable bonds is 1. The van der Waals surface area contributed by atoms with Crippen molar-refractivity contribution in [1.82, 2.24) is 4.68 Å². The third kappa shape index (κ3) is 1.62. The Morgan fingerprint density at radius 1 is 0.750 bits per heavy atom. The average Bonchev–Trinajstić information content (AvgIpc) is 3.07. The van der Waals surface area contributed by atoms with Crippen molar-refractivity contribution in [2.24, 2.45) is 5.10 Å². The first-order valence-electron chi connectivity index (χ1n) is 6.76. The van der Waals surface area contributed by atoms with Gasteiger partial charge in [-0.3, -0.25) is 0 Å². The molecule has 20 heavy (non-hydrogen) atoms. The quantitative estimate of drug-likeness (QED) is 0.489. The molecule has 0 saturated carbocycles. The van der Waals surface area contributed by atoms with Crippen LogP contribution in [0.1, 0.15) is 16.7 Å². The van der Waals surface area contributed by atoms with E-state index in [0.29, 0.717) is 0 Å². The number of hydrogen-bond acceptors (Lipinski definition) is 1. The lowest BCUT2D eigenvalue weighted by molar-refractivity contribution is 0.889. The van der Waals surface area contributed by atoms with Gasteiger partial charge in [-0.2, -0.15) is 5.10 Å². The van der Waals surface area contributed by atoms with Crippen molar-refractivity contribution in [3.05, 3.63) is 83.7 Å². The molecule has 0 unspecified atom stereocenters. The van der Waals surface area contributed by atoms with Crippen molar-refractivity contribution in [3.8, 4) is 11.1 Å². The Bertz CT molecular complexity index is 811. The summed E-state index contributed by atoms with van der Waals surface area (Å²) in [7, 11) is 0. The highest BCUT2D eigenvalue weighted by Gasteiger charge is 2.24. The number of nitrogens with zero attached hydrogens (tertiary/aromatic N) is 2. The number of fused-ring (bicyclic) bond motifs is 3. The van der Waals surface area contributed by atoms with Crippen LogP contribution in [0.25, 0.3) is 11.1 Å². The standard InChI is InChI=1S/C18H14N2/c1-13-8-9-16-17(12-13)14-6-2-3-7-15(14)18(16)19-20-10-4-5-11-20/h2-12H,1H3/b19-18-. The Morgan fingerprint density at radius 2 is 1.45 bits per heavy atom. The van der Waals surface area contributed by atoms with Crippen molar-refractivity contribution in [2.75, 3.05) is 0 Å². The van der Waals surface area contributed by atoms with E-state index in [0.717, 1.165) is 5.71 Å². The highest BCUT2D eigenvalue weighted by atomic mass is 15.3. The molecular weight excluding hydrogens is 244 g/mol. The Labute approximate surface area is 118 Å². The van der Waals surface area contributed by atoms with Gasteiger partial charge in [0, 0.05) is 23.5 Å². The summed E-state index contributed by atoms with van der Waals surface area (Å²) in [5, 5.41) is 4.76. The molecule has 0 amide bonds. The van der Waals surface area contributed by atoms with Crippen molar-refractivity contribution in [1.29, 1.82) is 0 Å². The maximum atomic E-state index is 4.76. The van der Waals surface area contributed by atoms with Gasteiger partial charge >= 0.3 is 0 Å². The van der Waals surface area contributed by atoms with Gasteiger partial charge in [0.1, 0.15) is 0 Å². The second-order valence-corrected chi connectivity index (χ2v) is 5.11. The van der Waals surface area contributed by atoms with Crippen LogP contribution in [-0.4, -0.2) is 10.4 Å². The molecule has 2 heteroatoms. The molecule has 1 aromatic heterocycles. The second-order valence-electron chi connectivity index (χ2n) is 5.11. The van der Waals surface area contributed by atoms with Gasteiger partial charge in [0.2, 0.25) is 0 Å². The molecular formula is C18H14N2. The predicted octanol–water partition coefficient (Wildman–Crippen LogP) is 4.08. The van der Waals surface area contributed by atoms with Gasteiger partial charge in [0.05, 0.1) is 5.71 Å². The molecule has 1 heterocycles. The van der Waals surface area contributed by atoms with Crippen LogP contribution in [0.2, 0.25) is 0 Å². The highest BCUT2D eigenvalue weighted by molar-refractivity contribution is 6.24. The van der Waals surface area contributed by atoms with Crippen molar-refractivity contribution in [2.45, 2.75) is 6.92 Å². The van der Waals surface area contributed by atoms with Crippen LogP contribution < -0.4 is 0 Å². The van der Waals surface area contributed by atoms with E-state index in [1.54, 1.807) is 0 Å². The van der Waals surface area contributed by atoms with E-state index in [1.807, 2.05) is 29.2 Å². The van der Waals surface area contributed by atoms with Crippen molar-refractivity contribution >= 4 is 5.71 Å². The lowest BCUT2D eigenvalue weighted by Gasteiger charge is -2.02. The first-order chi connectivity index (χ1) is 9.83. The molecule has 0 spiro atoms. The summed E-state index contributed by atoms with van der Waals surface area (Å²) in [6, 6.07) is 19.0. The topological polar surface area (TPSA) is 17.3 Å². The molecule has 1 aliphatic carbocycles. The average molecular weight is 258 g/mol. The lowest BCUT2D eigenvalue weighted by atomic mass is 10.0. The molecule has 0 saturated heterocycles. The van der Waals surface area contributed by atoms with E-state index in [4.69, 9.17) is 5.10 Å². The molecule has 0 aliphatic heterocycles. The Kier molecular flexibility index (Phi) is 2.36. The molecule has 3 aromatic rings. The molecule has 2 aromatic carbocycles. The van der Waals surface area contributed by atoms with Crippen LogP contribution in [0.5, 0.6) is 0 Å². The number of aryl methyl sites for hydroxylation is 1. The summed E-state index contributed by atoms with van der Waals surface area (Å²) in [5.41, 5.74) is 7.31. The van der Waals surface area contributed by atoms with Gasteiger partial charge in [0.25, 0.3) is 0 Å². The zero-order chi connectivity index (χ0) is 13.5.